The van der Waals surface area contributed by atoms with Crippen LogP contribution in [0.5, 0.6) is 0 Å². The van der Waals surface area contributed by atoms with Crippen molar-refractivity contribution in [3.05, 3.63) is 75.2 Å². The lowest BCUT2D eigenvalue weighted by Crippen LogP contribution is -2.29. The standard InChI is InChI=1S/C18H15BrClN/c19-12-9-7-11(8-10-12)17-14-4-1-3-13(14)15-5-2-6-16(20)18(15)21-17/h1-3,5-10,13-14,17,21H,4H2/t13-,14+,17-/m0/s1. The summed E-state index contributed by atoms with van der Waals surface area (Å²) in [5, 5.41) is 4.50. The zero-order chi connectivity index (χ0) is 14.4. The van der Waals surface area contributed by atoms with Gasteiger partial charge in [0.05, 0.1) is 16.8 Å². The van der Waals surface area contributed by atoms with Gasteiger partial charge < -0.3 is 5.32 Å². The van der Waals surface area contributed by atoms with Gasteiger partial charge in [-0.25, -0.2) is 0 Å². The average molecular weight is 361 g/mol. The molecule has 3 heteroatoms. The third-order valence-electron chi connectivity index (χ3n) is 4.58. The van der Waals surface area contributed by atoms with Gasteiger partial charge in [0.25, 0.3) is 0 Å². The van der Waals surface area contributed by atoms with Gasteiger partial charge in [0.15, 0.2) is 0 Å². The molecule has 2 aromatic rings. The van der Waals surface area contributed by atoms with E-state index in [9.17, 15) is 0 Å². The van der Waals surface area contributed by atoms with Crippen LogP contribution < -0.4 is 5.32 Å². The van der Waals surface area contributed by atoms with Gasteiger partial charge in [-0.2, -0.15) is 0 Å². The first-order chi connectivity index (χ1) is 10.2. The molecule has 2 aliphatic rings. The molecule has 2 aromatic carbocycles. The number of nitrogens with one attached hydrogen (secondary N) is 1. The minimum atomic E-state index is 0.311. The Balaban J connectivity index is 1.81. The molecule has 3 atom stereocenters. The van der Waals surface area contributed by atoms with E-state index >= 15 is 0 Å². The third kappa shape index (κ3) is 2.21. The molecule has 1 N–H and O–H groups in total. The molecule has 0 fully saturated rings. The topological polar surface area (TPSA) is 12.0 Å². The number of para-hydroxylation sites is 1. The van der Waals surface area contributed by atoms with E-state index in [-0.39, 0.29) is 0 Å². The molecule has 1 nitrogen and oxygen atoms in total. The predicted molar refractivity (Wildman–Crippen MR) is 91.9 cm³/mol. The zero-order valence-electron chi connectivity index (χ0n) is 11.4. The second-order valence-corrected chi connectivity index (χ2v) is 7.05. The number of fused-ring (bicyclic) bond motifs is 3. The number of anilines is 1. The summed E-state index contributed by atoms with van der Waals surface area (Å²) >= 11 is 9.93. The van der Waals surface area contributed by atoms with Crippen molar-refractivity contribution < 1.29 is 0 Å². The van der Waals surface area contributed by atoms with E-state index in [1.54, 1.807) is 0 Å². The van der Waals surface area contributed by atoms with Gasteiger partial charge in [-0.15, -0.1) is 0 Å². The summed E-state index contributed by atoms with van der Waals surface area (Å²) in [4.78, 5) is 0. The van der Waals surface area contributed by atoms with Crippen LogP contribution in [0.15, 0.2) is 59.1 Å². The summed E-state index contributed by atoms with van der Waals surface area (Å²) in [6.07, 6.45) is 5.76. The van der Waals surface area contributed by atoms with Gasteiger partial charge in [0.2, 0.25) is 0 Å². The van der Waals surface area contributed by atoms with Gasteiger partial charge >= 0.3 is 0 Å². The lowest BCUT2D eigenvalue weighted by atomic mass is 9.77. The van der Waals surface area contributed by atoms with Crippen molar-refractivity contribution in [3.63, 3.8) is 0 Å². The lowest BCUT2D eigenvalue weighted by molar-refractivity contribution is 0.425. The second kappa shape index (κ2) is 5.19. The quantitative estimate of drug-likeness (QED) is 0.622. The van der Waals surface area contributed by atoms with Crippen molar-refractivity contribution in [2.75, 3.05) is 5.32 Å². The average Bonchev–Trinajstić information content (AvgIpc) is 2.98. The Hall–Kier alpha value is -1.25. The van der Waals surface area contributed by atoms with Crippen LogP contribution in [0.25, 0.3) is 0 Å². The van der Waals surface area contributed by atoms with Crippen molar-refractivity contribution in [2.45, 2.75) is 18.4 Å². The molecule has 0 unspecified atom stereocenters. The largest absolute Gasteiger partial charge is 0.376 e. The Morgan fingerprint density at radius 1 is 1.10 bits per heavy atom. The molecular formula is C18H15BrClN. The molecule has 0 aromatic heterocycles. The summed E-state index contributed by atoms with van der Waals surface area (Å²) in [6.45, 7) is 0. The fraction of sp³-hybridized carbons (Fsp3) is 0.222. The van der Waals surface area contributed by atoms with Crippen LogP contribution in [0.3, 0.4) is 0 Å². The first-order valence-electron chi connectivity index (χ1n) is 7.21. The Morgan fingerprint density at radius 3 is 2.71 bits per heavy atom. The van der Waals surface area contributed by atoms with E-state index in [4.69, 9.17) is 11.6 Å². The minimum Gasteiger partial charge on any atom is -0.376 e. The Bertz CT molecular complexity index is 708. The highest BCUT2D eigenvalue weighted by Crippen LogP contribution is 2.51. The van der Waals surface area contributed by atoms with Crippen LogP contribution in [0.4, 0.5) is 5.69 Å². The van der Waals surface area contributed by atoms with Crippen molar-refractivity contribution in [2.24, 2.45) is 5.92 Å². The molecule has 21 heavy (non-hydrogen) atoms. The van der Waals surface area contributed by atoms with Gasteiger partial charge in [0, 0.05) is 10.4 Å². The molecule has 0 saturated carbocycles. The van der Waals surface area contributed by atoms with E-state index < -0.39 is 0 Å². The molecule has 1 heterocycles. The first-order valence-corrected chi connectivity index (χ1v) is 8.38. The summed E-state index contributed by atoms with van der Waals surface area (Å²) < 4.78 is 1.11. The molecule has 0 saturated heterocycles. The van der Waals surface area contributed by atoms with Crippen LogP contribution in [0.1, 0.15) is 29.5 Å². The van der Waals surface area contributed by atoms with Crippen molar-refractivity contribution in [3.8, 4) is 0 Å². The van der Waals surface area contributed by atoms with Crippen molar-refractivity contribution in [1.29, 1.82) is 0 Å². The van der Waals surface area contributed by atoms with Gasteiger partial charge in [-0.3, -0.25) is 0 Å². The van der Waals surface area contributed by atoms with Gasteiger partial charge in [-0.1, -0.05) is 63.9 Å². The summed E-state index contributed by atoms with van der Waals surface area (Å²) in [5.41, 5.74) is 3.75. The number of benzene rings is 2. The molecular weight excluding hydrogens is 346 g/mol. The number of hydrogen-bond donors (Lipinski definition) is 1. The predicted octanol–water partition coefficient (Wildman–Crippen LogP) is 5.93. The normalized spacial score (nSPS) is 26.1. The van der Waals surface area contributed by atoms with E-state index in [2.05, 4.69) is 63.7 Å². The molecule has 106 valence electrons. The monoisotopic (exact) mass is 359 g/mol. The van der Waals surface area contributed by atoms with Crippen molar-refractivity contribution in [1.82, 2.24) is 0 Å². The van der Waals surface area contributed by atoms with E-state index in [1.165, 1.54) is 11.1 Å². The summed E-state index contributed by atoms with van der Waals surface area (Å²) in [7, 11) is 0. The van der Waals surface area contributed by atoms with Crippen LogP contribution in [-0.2, 0) is 0 Å². The van der Waals surface area contributed by atoms with Crippen LogP contribution in [-0.4, -0.2) is 0 Å². The lowest BCUT2D eigenvalue weighted by Gasteiger charge is -2.38. The van der Waals surface area contributed by atoms with Crippen LogP contribution in [0, 0.1) is 5.92 Å². The molecule has 1 aliphatic heterocycles. The van der Waals surface area contributed by atoms with Crippen LogP contribution in [0.2, 0.25) is 5.02 Å². The molecule has 0 radical (unpaired) electrons. The first kappa shape index (κ1) is 13.4. The molecule has 4 rings (SSSR count). The maximum absolute atomic E-state index is 6.42. The number of allylic oxidation sites excluding steroid dienone is 2. The number of halogens is 2. The fourth-order valence-corrected chi connectivity index (χ4v) is 4.08. The number of hydrogen-bond acceptors (Lipinski definition) is 1. The Morgan fingerprint density at radius 2 is 1.90 bits per heavy atom. The minimum absolute atomic E-state index is 0.311. The smallest absolute Gasteiger partial charge is 0.0640 e. The molecule has 1 aliphatic carbocycles. The van der Waals surface area contributed by atoms with E-state index in [0.29, 0.717) is 17.9 Å². The molecule has 0 spiro atoms. The summed E-state index contributed by atoms with van der Waals surface area (Å²) in [6, 6.07) is 15.1. The summed E-state index contributed by atoms with van der Waals surface area (Å²) in [5.74, 6) is 1.03. The fourth-order valence-electron chi connectivity index (χ4n) is 3.58. The Kier molecular flexibility index (Phi) is 3.31. The van der Waals surface area contributed by atoms with Crippen LogP contribution >= 0.6 is 27.5 Å². The highest BCUT2D eigenvalue weighted by Gasteiger charge is 2.38. The molecule has 0 bridgehead atoms. The second-order valence-electron chi connectivity index (χ2n) is 5.73. The zero-order valence-corrected chi connectivity index (χ0v) is 13.7. The highest BCUT2D eigenvalue weighted by atomic mass is 79.9. The molecule has 0 amide bonds. The highest BCUT2D eigenvalue weighted by molar-refractivity contribution is 9.10. The van der Waals surface area contributed by atoms with Crippen molar-refractivity contribution >= 4 is 33.2 Å². The SMILES string of the molecule is Clc1cccc2c1N[C@@H](c1ccc(Br)cc1)[C@@H]1CC=C[C@H]21. The van der Waals surface area contributed by atoms with Gasteiger partial charge in [-0.05, 0) is 41.7 Å². The maximum Gasteiger partial charge on any atom is 0.0640 e. The van der Waals surface area contributed by atoms with Gasteiger partial charge in [0.1, 0.15) is 0 Å². The third-order valence-corrected chi connectivity index (χ3v) is 5.42. The number of rotatable bonds is 1. The van der Waals surface area contributed by atoms with E-state index in [0.717, 1.165) is 21.6 Å². The maximum atomic E-state index is 6.42. The van der Waals surface area contributed by atoms with E-state index in [1.807, 2.05) is 12.1 Å². The Labute approximate surface area is 138 Å².